The predicted octanol–water partition coefficient (Wildman–Crippen LogP) is 3.48. The highest BCUT2D eigenvalue weighted by Gasteiger charge is 2.21. The Hall–Kier alpha value is -0.550. The summed E-state index contributed by atoms with van der Waals surface area (Å²) in [5, 5.41) is 0.916. The number of anilines is 1. The fourth-order valence-electron chi connectivity index (χ4n) is 2.00. The Morgan fingerprint density at radius 1 is 1.26 bits per heavy atom. The largest absolute Gasteiger partial charge is 0.368 e. The summed E-state index contributed by atoms with van der Waals surface area (Å²) in [6.07, 6.45) is 0.985. The zero-order valence-corrected chi connectivity index (χ0v) is 14.2. The van der Waals surface area contributed by atoms with E-state index in [4.69, 9.17) is 0 Å². The number of hydrogen-bond donors (Lipinski definition) is 0. The molecule has 0 atom stereocenters. The van der Waals surface area contributed by atoms with Crippen LogP contribution >= 0.6 is 15.9 Å². The molecular weight excluding hydrogens is 326 g/mol. The van der Waals surface area contributed by atoms with E-state index in [1.165, 1.54) is 0 Å². The van der Waals surface area contributed by atoms with Crippen LogP contribution in [0.1, 0.15) is 27.2 Å². The maximum Gasteiger partial charge on any atom is 0.180 e. The number of hydrogen-bond acceptors (Lipinski definition) is 3. The molecular formula is C14H22BrNO2S. The van der Waals surface area contributed by atoms with Gasteiger partial charge in [0.2, 0.25) is 0 Å². The first kappa shape index (κ1) is 16.5. The molecule has 1 aromatic rings. The van der Waals surface area contributed by atoms with Crippen molar-refractivity contribution in [2.75, 3.05) is 22.5 Å². The molecule has 0 amide bonds. The molecule has 0 aliphatic rings. The number of nitrogens with zero attached hydrogens (tertiary/aromatic N) is 1. The summed E-state index contributed by atoms with van der Waals surface area (Å²) < 4.78 is 24.4. The number of para-hydroxylation sites is 1. The van der Waals surface area contributed by atoms with Crippen LogP contribution in [-0.2, 0) is 9.84 Å². The van der Waals surface area contributed by atoms with E-state index in [0.717, 1.165) is 24.0 Å². The van der Waals surface area contributed by atoms with Gasteiger partial charge in [0.1, 0.15) is 0 Å². The highest BCUT2D eigenvalue weighted by molar-refractivity contribution is 9.09. The molecule has 0 saturated carbocycles. The SMILES string of the molecule is CCS(=O)(=O)c1ccccc1N(CCCBr)C(C)C. The molecule has 5 heteroatoms. The topological polar surface area (TPSA) is 37.4 Å². The van der Waals surface area contributed by atoms with Gasteiger partial charge in [0, 0.05) is 17.9 Å². The minimum Gasteiger partial charge on any atom is -0.368 e. The van der Waals surface area contributed by atoms with Gasteiger partial charge in [0.05, 0.1) is 16.3 Å². The fourth-order valence-corrected chi connectivity index (χ4v) is 3.35. The Bertz CT molecular complexity index is 500. The summed E-state index contributed by atoms with van der Waals surface area (Å²) in [7, 11) is -3.19. The van der Waals surface area contributed by atoms with Crippen LogP contribution in [0.25, 0.3) is 0 Å². The van der Waals surface area contributed by atoms with E-state index in [0.29, 0.717) is 4.90 Å². The van der Waals surface area contributed by atoms with E-state index in [2.05, 4.69) is 34.7 Å². The van der Waals surface area contributed by atoms with Crippen LogP contribution in [0.4, 0.5) is 5.69 Å². The Balaban J connectivity index is 3.24. The van der Waals surface area contributed by atoms with Gasteiger partial charge in [-0.05, 0) is 32.4 Å². The first-order valence-corrected chi connectivity index (χ1v) is 9.35. The summed E-state index contributed by atoms with van der Waals surface area (Å²) in [6, 6.07) is 7.56. The van der Waals surface area contributed by atoms with Crippen LogP contribution < -0.4 is 4.90 Å². The zero-order chi connectivity index (χ0) is 14.5. The van der Waals surface area contributed by atoms with Gasteiger partial charge in [-0.3, -0.25) is 0 Å². The standard InChI is InChI=1S/C14H22BrNO2S/c1-4-19(17,18)14-9-6-5-8-13(14)16(12(2)3)11-7-10-15/h5-6,8-9,12H,4,7,10-11H2,1-3H3. The molecule has 0 aromatic heterocycles. The molecule has 3 nitrogen and oxygen atoms in total. The number of halogens is 1. The summed E-state index contributed by atoms with van der Waals surface area (Å²) in [5.41, 5.74) is 0.820. The molecule has 1 aromatic carbocycles. The van der Waals surface area contributed by atoms with Crippen molar-refractivity contribution < 1.29 is 8.42 Å². The lowest BCUT2D eigenvalue weighted by Crippen LogP contribution is -2.33. The molecule has 108 valence electrons. The summed E-state index contributed by atoms with van der Waals surface area (Å²) in [6.45, 7) is 6.70. The molecule has 0 unspecified atom stereocenters. The van der Waals surface area contributed by atoms with Crippen molar-refractivity contribution in [3.8, 4) is 0 Å². The lowest BCUT2D eigenvalue weighted by molar-refractivity contribution is 0.595. The van der Waals surface area contributed by atoms with Crippen LogP contribution in [0.2, 0.25) is 0 Å². The van der Waals surface area contributed by atoms with Crippen molar-refractivity contribution >= 4 is 31.5 Å². The molecule has 0 radical (unpaired) electrons. The maximum absolute atomic E-state index is 12.2. The van der Waals surface area contributed by atoms with Crippen LogP contribution in [0.3, 0.4) is 0 Å². The van der Waals surface area contributed by atoms with Gasteiger partial charge < -0.3 is 4.90 Å². The predicted molar refractivity (Wildman–Crippen MR) is 85.1 cm³/mol. The van der Waals surface area contributed by atoms with Crippen molar-refractivity contribution in [3.05, 3.63) is 24.3 Å². The van der Waals surface area contributed by atoms with Gasteiger partial charge in [0.25, 0.3) is 0 Å². The second kappa shape index (κ2) is 7.29. The van der Waals surface area contributed by atoms with Crippen molar-refractivity contribution in [2.45, 2.75) is 38.1 Å². The molecule has 1 rings (SSSR count). The van der Waals surface area contributed by atoms with Crippen molar-refractivity contribution in [2.24, 2.45) is 0 Å². The number of sulfone groups is 1. The minimum atomic E-state index is -3.19. The molecule has 19 heavy (non-hydrogen) atoms. The van der Waals surface area contributed by atoms with Crippen LogP contribution in [0.15, 0.2) is 29.2 Å². The third kappa shape index (κ3) is 4.21. The zero-order valence-electron chi connectivity index (χ0n) is 11.8. The quantitative estimate of drug-likeness (QED) is 0.708. The molecule has 0 saturated heterocycles. The minimum absolute atomic E-state index is 0.133. The molecule has 0 aliphatic heterocycles. The Labute approximate surface area is 125 Å². The van der Waals surface area contributed by atoms with Gasteiger partial charge in [0.15, 0.2) is 9.84 Å². The molecule has 0 bridgehead atoms. The summed E-state index contributed by atoms with van der Waals surface area (Å²) in [4.78, 5) is 2.60. The van der Waals surface area contributed by atoms with Crippen molar-refractivity contribution in [1.29, 1.82) is 0 Å². The summed E-state index contributed by atoms with van der Waals surface area (Å²) >= 11 is 3.43. The smallest absolute Gasteiger partial charge is 0.180 e. The van der Waals surface area contributed by atoms with Crippen molar-refractivity contribution in [1.82, 2.24) is 0 Å². The summed E-state index contributed by atoms with van der Waals surface area (Å²) in [5.74, 6) is 0.133. The third-order valence-corrected chi connectivity index (χ3v) is 5.38. The van der Waals surface area contributed by atoms with Crippen LogP contribution in [0, 0.1) is 0 Å². The lowest BCUT2D eigenvalue weighted by Gasteiger charge is -2.30. The lowest BCUT2D eigenvalue weighted by atomic mass is 10.2. The van der Waals surface area contributed by atoms with E-state index >= 15 is 0 Å². The average Bonchev–Trinajstić information content (AvgIpc) is 2.39. The average molecular weight is 348 g/mol. The normalized spacial score (nSPS) is 11.8. The van der Waals surface area contributed by atoms with E-state index in [1.807, 2.05) is 12.1 Å². The maximum atomic E-state index is 12.2. The first-order chi connectivity index (χ1) is 8.94. The fraction of sp³-hybridized carbons (Fsp3) is 0.571. The van der Waals surface area contributed by atoms with Crippen LogP contribution in [-0.4, -0.2) is 32.1 Å². The molecule has 0 heterocycles. The Morgan fingerprint density at radius 2 is 1.89 bits per heavy atom. The first-order valence-electron chi connectivity index (χ1n) is 6.58. The third-order valence-electron chi connectivity index (χ3n) is 3.05. The van der Waals surface area contributed by atoms with E-state index in [9.17, 15) is 8.42 Å². The van der Waals surface area contributed by atoms with E-state index in [1.54, 1.807) is 19.1 Å². The number of benzene rings is 1. The van der Waals surface area contributed by atoms with Gasteiger partial charge in [-0.25, -0.2) is 8.42 Å². The molecule has 0 aliphatic carbocycles. The van der Waals surface area contributed by atoms with Gasteiger partial charge in [-0.15, -0.1) is 0 Å². The molecule has 0 fully saturated rings. The van der Waals surface area contributed by atoms with Gasteiger partial charge in [-0.1, -0.05) is 35.0 Å². The number of alkyl halides is 1. The highest BCUT2D eigenvalue weighted by Crippen LogP contribution is 2.27. The van der Waals surface area contributed by atoms with E-state index in [-0.39, 0.29) is 11.8 Å². The highest BCUT2D eigenvalue weighted by atomic mass is 79.9. The second-order valence-electron chi connectivity index (χ2n) is 4.70. The van der Waals surface area contributed by atoms with Crippen molar-refractivity contribution in [3.63, 3.8) is 0 Å². The van der Waals surface area contributed by atoms with E-state index < -0.39 is 9.84 Å². The Morgan fingerprint density at radius 3 is 2.42 bits per heavy atom. The van der Waals surface area contributed by atoms with Crippen LogP contribution in [0.5, 0.6) is 0 Å². The molecule has 0 spiro atoms. The molecule has 0 N–H and O–H groups in total. The van der Waals surface area contributed by atoms with Gasteiger partial charge in [-0.2, -0.15) is 0 Å². The monoisotopic (exact) mass is 347 g/mol. The van der Waals surface area contributed by atoms with Gasteiger partial charge >= 0.3 is 0 Å². The Kier molecular flexibility index (Phi) is 6.33. The number of rotatable bonds is 7. The second-order valence-corrected chi connectivity index (χ2v) is 7.74.